The van der Waals surface area contributed by atoms with Crippen LogP contribution < -0.4 is 15.4 Å². The number of benzene rings is 2. The summed E-state index contributed by atoms with van der Waals surface area (Å²) < 4.78 is 5.15. The average Bonchev–Trinajstić information content (AvgIpc) is 2.66. The second kappa shape index (κ2) is 8.18. The van der Waals surface area contributed by atoms with E-state index in [-0.39, 0.29) is 5.56 Å². The van der Waals surface area contributed by atoms with Crippen molar-refractivity contribution in [3.63, 3.8) is 0 Å². The average molecular weight is 364 g/mol. The standard InChI is InChI=1S/C20H20N4O3/c1-13-10-18(23-16-5-3-4-15(11-16)19(25)26)24-20(22-13)21-12-14-6-8-17(27-2)9-7-14/h3-11H,12H2,1-2H3,(H,25,26)(H2,21,22,23,24). The number of aromatic carboxylic acids is 1. The van der Waals surface area contributed by atoms with E-state index in [2.05, 4.69) is 20.6 Å². The SMILES string of the molecule is COc1ccc(CNc2nc(C)cc(Nc3cccc(C(=O)O)c3)n2)cc1. The van der Waals surface area contributed by atoms with Gasteiger partial charge in [-0.25, -0.2) is 9.78 Å². The molecule has 0 aliphatic rings. The topological polar surface area (TPSA) is 96.4 Å². The summed E-state index contributed by atoms with van der Waals surface area (Å²) in [5.74, 6) is 0.907. The van der Waals surface area contributed by atoms with Crippen LogP contribution in [0.5, 0.6) is 5.75 Å². The first-order valence-electron chi connectivity index (χ1n) is 8.36. The molecule has 0 unspecified atom stereocenters. The number of hydrogen-bond donors (Lipinski definition) is 3. The Morgan fingerprint density at radius 3 is 2.59 bits per heavy atom. The maximum absolute atomic E-state index is 11.1. The van der Waals surface area contributed by atoms with Crippen LogP contribution in [-0.2, 0) is 6.54 Å². The number of aromatic nitrogens is 2. The molecule has 3 aromatic rings. The molecule has 0 aliphatic carbocycles. The fourth-order valence-corrected chi connectivity index (χ4v) is 2.51. The first-order valence-corrected chi connectivity index (χ1v) is 8.36. The largest absolute Gasteiger partial charge is 0.497 e. The molecule has 0 saturated carbocycles. The molecule has 2 aromatic carbocycles. The number of carboxylic acids is 1. The van der Waals surface area contributed by atoms with Crippen LogP contribution in [0.25, 0.3) is 0 Å². The summed E-state index contributed by atoms with van der Waals surface area (Å²) in [6.45, 7) is 2.44. The lowest BCUT2D eigenvalue weighted by molar-refractivity contribution is 0.0697. The fourth-order valence-electron chi connectivity index (χ4n) is 2.51. The highest BCUT2D eigenvalue weighted by atomic mass is 16.5. The van der Waals surface area contributed by atoms with Crippen LogP contribution in [0.4, 0.5) is 17.5 Å². The quantitative estimate of drug-likeness (QED) is 0.586. The molecule has 1 aromatic heterocycles. The van der Waals surface area contributed by atoms with E-state index in [9.17, 15) is 4.79 Å². The van der Waals surface area contributed by atoms with Gasteiger partial charge in [0.25, 0.3) is 0 Å². The van der Waals surface area contributed by atoms with E-state index in [1.165, 1.54) is 0 Å². The molecule has 0 spiro atoms. The lowest BCUT2D eigenvalue weighted by Crippen LogP contribution is -2.06. The van der Waals surface area contributed by atoms with Crippen molar-refractivity contribution < 1.29 is 14.6 Å². The lowest BCUT2D eigenvalue weighted by atomic mass is 10.2. The predicted octanol–water partition coefficient (Wildman–Crippen LogP) is 3.85. The zero-order valence-electron chi connectivity index (χ0n) is 15.1. The molecular weight excluding hydrogens is 344 g/mol. The molecule has 3 rings (SSSR count). The Morgan fingerprint density at radius 2 is 1.89 bits per heavy atom. The highest BCUT2D eigenvalue weighted by Gasteiger charge is 2.06. The van der Waals surface area contributed by atoms with Gasteiger partial charge in [-0.2, -0.15) is 4.98 Å². The minimum Gasteiger partial charge on any atom is -0.497 e. The van der Waals surface area contributed by atoms with Crippen LogP contribution in [0, 0.1) is 6.92 Å². The molecule has 0 saturated heterocycles. The summed E-state index contributed by atoms with van der Waals surface area (Å²) in [5, 5.41) is 15.4. The molecule has 138 valence electrons. The number of nitrogens with one attached hydrogen (secondary N) is 2. The number of aryl methyl sites for hydroxylation is 1. The van der Waals surface area contributed by atoms with E-state index in [4.69, 9.17) is 9.84 Å². The maximum Gasteiger partial charge on any atom is 0.335 e. The smallest absolute Gasteiger partial charge is 0.335 e. The van der Waals surface area contributed by atoms with E-state index < -0.39 is 5.97 Å². The minimum absolute atomic E-state index is 0.212. The number of hydrogen-bond acceptors (Lipinski definition) is 6. The summed E-state index contributed by atoms with van der Waals surface area (Å²) in [5.41, 5.74) is 2.72. The number of carboxylic acid groups (broad SMARTS) is 1. The number of nitrogens with zero attached hydrogens (tertiary/aromatic N) is 2. The van der Waals surface area contributed by atoms with Gasteiger partial charge in [-0.15, -0.1) is 0 Å². The molecule has 1 heterocycles. The van der Waals surface area contributed by atoms with E-state index in [1.54, 1.807) is 37.4 Å². The monoisotopic (exact) mass is 364 g/mol. The van der Waals surface area contributed by atoms with Crippen molar-refractivity contribution in [3.05, 3.63) is 71.4 Å². The Labute approximate surface area is 157 Å². The Kier molecular flexibility index (Phi) is 5.51. The molecule has 0 aliphatic heterocycles. The van der Waals surface area contributed by atoms with Gasteiger partial charge < -0.3 is 20.5 Å². The van der Waals surface area contributed by atoms with Gasteiger partial charge >= 0.3 is 5.97 Å². The van der Waals surface area contributed by atoms with Gasteiger partial charge in [-0.3, -0.25) is 0 Å². The third-order valence-corrected chi connectivity index (χ3v) is 3.85. The van der Waals surface area contributed by atoms with Crippen molar-refractivity contribution in [2.24, 2.45) is 0 Å². The molecule has 0 radical (unpaired) electrons. The van der Waals surface area contributed by atoms with Crippen molar-refractivity contribution in [3.8, 4) is 5.75 Å². The molecule has 27 heavy (non-hydrogen) atoms. The van der Waals surface area contributed by atoms with E-state index in [0.717, 1.165) is 17.0 Å². The Morgan fingerprint density at radius 1 is 1.11 bits per heavy atom. The molecule has 0 fully saturated rings. The van der Waals surface area contributed by atoms with Crippen molar-refractivity contribution in [2.75, 3.05) is 17.7 Å². The first-order chi connectivity index (χ1) is 13.0. The normalized spacial score (nSPS) is 10.3. The van der Waals surface area contributed by atoms with Crippen LogP contribution in [0.15, 0.2) is 54.6 Å². The second-order valence-electron chi connectivity index (χ2n) is 5.93. The zero-order valence-corrected chi connectivity index (χ0v) is 15.1. The molecule has 7 heteroatoms. The number of carbonyl (C=O) groups is 1. The van der Waals surface area contributed by atoms with Gasteiger partial charge in [0.2, 0.25) is 5.95 Å². The van der Waals surface area contributed by atoms with Crippen LogP contribution in [0.2, 0.25) is 0 Å². The first kappa shape index (κ1) is 18.2. The van der Waals surface area contributed by atoms with Crippen molar-refractivity contribution >= 4 is 23.4 Å². The van der Waals surface area contributed by atoms with Crippen molar-refractivity contribution in [1.29, 1.82) is 0 Å². The van der Waals surface area contributed by atoms with Gasteiger partial charge in [0.1, 0.15) is 11.6 Å². The second-order valence-corrected chi connectivity index (χ2v) is 5.93. The van der Waals surface area contributed by atoms with Gasteiger partial charge in [-0.1, -0.05) is 18.2 Å². The molecule has 0 amide bonds. The Bertz CT molecular complexity index is 942. The van der Waals surface area contributed by atoms with Crippen LogP contribution in [0.3, 0.4) is 0 Å². The summed E-state index contributed by atoms with van der Waals surface area (Å²) in [4.78, 5) is 19.9. The van der Waals surface area contributed by atoms with E-state index in [0.29, 0.717) is 24.0 Å². The van der Waals surface area contributed by atoms with Crippen molar-refractivity contribution in [2.45, 2.75) is 13.5 Å². The maximum atomic E-state index is 11.1. The molecule has 0 bridgehead atoms. The van der Waals surface area contributed by atoms with Gasteiger partial charge in [-0.05, 0) is 42.8 Å². The third kappa shape index (κ3) is 4.94. The number of anilines is 3. The third-order valence-electron chi connectivity index (χ3n) is 3.85. The molecular formula is C20H20N4O3. The van der Waals surface area contributed by atoms with Crippen LogP contribution in [0.1, 0.15) is 21.6 Å². The predicted molar refractivity (Wildman–Crippen MR) is 104 cm³/mol. The number of rotatable bonds is 7. The summed E-state index contributed by atoms with van der Waals surface area (Å²) in [6.07, 6.45) is 0. The molecule has 7 nitrogen and oxygen atoms in total. The minimum atomic E-state index is -0.973. The number of methoxy groups -OCH3 is 1. The van der Waals surface area contributed by atoms with Gasteiger partial charge in [0, 0.05) is 24.0 Å². The van der Waals surface area contributed by atoms with E-state index >= 15 is 0 Å². The Balaban J connectivity index is 1.71. The van der Waals surface area contributed by atoms with Crippen LogP contribution >= 0.6 is 0 Å². The molecule has 0 atom stereocenters. The van der Waals surface area contributed by atoms with Crippen LogP contribution in [-0.4, -0.2) is 28.2 Å². The Hall–Kier alpha value is -3.61. The van der Waals surface area contributed by atoms with Crippen molar-refractivity contribution in [1.82, 2.24) is 9.97 Å². The summed E-state index contributed by atoms with van der Waals surface area (Å²) >= 11 is 0. The van der Waals surface area contributed by atoms with Gasteiger partial charge in [0.15, 0.2) is 0 Å². The zero-order chi connectivity index (χ0) is 19.2. The fraction of sp³-hybridized carbons (Fsp3) is 0.150. The highest BCUT2D eigenvalue weighted by Crippen LogP contribution is 2.19. The summed E-state index contributed by atoms with van der Waals surface area (Å²) in [7, 11) is 1.63. The number of ether oxygens (including phenoxy) is 1. The van der Waals surface area contributed by atoms with Gasteiger partial charge in [0.05, 0.1) is 12.7 Å². The molecule has 3 N–H and O–H groups in total. The summed E-state index contributed by atoms with van der Waals surface area (Å²) in [6, 6.07) is 16.1. The lowest BCUT2D eigenvalue weighted by Gasteiger charge is -2.11. The van der Waals surface area contributed by atoms with E-state index in [1.807, 2.05) is 31.2 Å². The highest BCUT2D eigenvalue weighted by molar-refractivity contribution is 5.89.